The average molecular weight is 315 g/mol. The number of halogens is 2. The Balaban J connectivity index is 2.01. The molecule has 6 nitrogen and oxygen atoms in total. The Hall–Kier alpha value is -1.79. The quantitative estimate of drug-likeness (QED) is 0.679. The van der Waals surface area contributed by atoms with E-state index in [0.29, 0.717) is 23.0 Å². The van der Waals surface area contributed by atoms with Gasteiger partial charge in [-0.2, -0.15) is 0 Å². The first-order valence-electron chi connectivity index (χ1n) is 5.83. The number of benzene rings is 1. The Morgan fingerprint density at radius 1 is 1.45 bits per heavy atom. The van der Waals surface area contributed by atoms with Gasteiger partial charge in [0.25, 0.3) is 0 Å². The number of aromatic nitrogens is 2. The molecule has 0 fully saturated rings. The SMILES string of the molecule is Cn1cc([N+](=O)[O-])c(NCCc2ccc(Cl)cc2Cl)n1. The van der Waals surface area contributed by atoms with Gasteiger partial charge in [-0.05, 0) is 24.1 Å². The van der Waals surface area contributed by atoms with Gasteiger partial charge in [0.1, 0.15) is 6.20 Å². The summed E-state index contributed by atoms with van der Waals surface area (Å²) in [4.78, 5) is 10.4. The van der Waals surface area contributed by atoms with Gasteiger partial charge in [0.15, 0.2) is 0 Å². The van der Waals surface area contributed by atoms with Crippen LogP contribution in [0, 0.1) is 10.1 Å². The molecule has 1 aromatic carbocycles. The van der Waals surface area contributed by atoms with E-state index in [9.17, 15) is 10.1 Å². The van der Waals surface area contributed by atoms with Crippen LogP contribution >= 0.6 is 23.2 Å². The highest BCUT2D eigenvalue weighted by Crippen LogP contribution is 2.23. The fraction of sp³-hybridized carbons (Fsp3) is 0.250. The van der Waals surface area contributed by atoms with E-state index in [1.165, 1.54) is 10.9 Å². The molecule has 1 heterocycles. The molecule has 0 saturated carbocycles. The second-order valence-corrected chi connectivity index (χ2v) is 5.05. The van der Waals surface area contributed by atoms with E-state index in [2.05, 4.69) is 10.4 Å². The van der Waals surface area contributed by atoms with Gasteiger partial charge in [0, 0.05) is 23.6 Å². The van der Waals surface area contributed by atoms with Crippen molar-refractivity contribution in [1.82, 2.24) is 9.78 Å². The molecule has 0 aliphatic heterocycles. The van der Waals surface area contributed by atoms with Gasteiger partial charge in [0.05, 0.1) is 4.92 Å². The Morgan fingerprint density at radius 2 is 2.20 bits per heavy atom. The largest absolute Gasteiger partial charge is 0.363 e. The van der Waals surface area contributed by atoms with Gasteiger partial charge >= 0.3 is 5.69 Å². The van der Waals surface area contributed by atoms with Crippen molar-refractivity contribution >= 4 is 34.7 Å². The molecule has 1 aromatic heterocycles. The number of hydrogen-bond donors (Lipinski definition) is 1. The Bertz CT molecular complexity index is 642. The predicted octanol–water partition coefficient (Wildman–Crippen LogP) is 3.29. The molecule has 0 unspecified atom stereocenters. The fourth-order valence-electron chi connectivity index (χ4n) is 1.78. The van der Waals surface area contributed by atoms with E-state index in [0.717, 1.165) is 5.56 Å². The van der Waals surface area contributed by atoms with Gasteiger partial charge in [-0.15, -0.1) is 5.10 Å². The van der Waals surface area contributed by atoms with Crippen LogP contribution in [0.3, 0.4) is 0 Å². The number of rotatable bonds is 5. The highest BCUT2D eigenvalue weighted by molar-refractivity contribution is 6.35. The smallest absolute Gasteiger partial charge is 0.330 e. The van der Waals surface area contributed by atoms with Crippen molar-refractivity contribution in [3.63, 3.8) is 0 Å². The summed E-state index contributed by atoms with van der Waals surface area (Å²) >= 11 is 11.9. The molecule has 1 N–H and O–H groups in total. The molecule has 0 aliphatic carbocycles. The highest BCUT2D eigenvalue weighted by atomic mass is 35.5. The van der Waals surface area contributed by atoms with Crippen LogP contribution in [0.4, 0.5) is 11.5 Å². The number of nitrogens with zero attached hydrogens (tertiary/aromatic N) is 3. The fourth-order valence-corrected chi connectivity index (χ4v) is 2.28. The molecule has 0 bridgehead atoms. The summed E-state index contributed by atoms with van der Waals surface area (Å²) in [5.74, 6) is 0.252. The van der Waals surface area contributed by atoms with Crippen LogP contribution in [0.2, 0.25) is 10.0 Å². The van der Waals surface area contributed by atoms with Crippen molar-refractivity contribution in [2.45, 2.75) is 6.42 Å². The lowest BCUT2D eigenvalue weighted by atomic mass is 10.1. The lowest BCUT2D eigenvalue weighted by Crippen LogP contribution is -2.07. The predicted molar refractivity (Wildman–Crippen MR) is 78.5 cm³/mol. The summed E-state index contributed by atoms with van der Waals surface area (Å²) in [5, 5.41) is 18.9. The maximum absolute atomic E-state index is 10.8. The van der Waals surface area contributed by atoms with Gasteiger partial charge in [-0.1, -0.05) is 29.3 Å². The number of aryl methyl sites for hydroxylation is 1. The van der Waals surface area contributed by atoms with Crippen LogP contribution in [0.1, 0.15) is 5.56 Å². The molecule has 20 heavy (non-hydrogen) atoms. The van der Waals surface area contributed by atoms with E-state index < -0.39 is 4.92 Å². The molecular weight excluding hydrogens is 303 g/mol. The second-order valence-electron chi connectivity index (χ2n) is 4.21. The zero-order valence-corrected chi connectivity index (χ0v) is 12.1. The van der Waals surface area contributed by atoms with Gasteiger partial charge in [0.2, 0.25) is 5.82 Å². The van der Waals surface area contributed by atoms with Crippen molar-refractivity contribution in [2.24, 2.45) is 7.05 Å². The van der Waals surface area contributed by atoms with Gasteiger partial charge in [-0.25, -0.2) is 0 Å². The third-order valence-corrected chi connectivity index (χ3v) is 3.30. The molecule has 8 heteroatoms. The van der Waals surface area contributed by atoms with Crippen LogP contribution in [0.15, 0.2) is 24.4 Å². The maximum Gasteiger partial charge on any atom is 0.330 e. The molecule has 106 valence electrons. The number of anilines is 1. The molecular formula is C12H12Cl2N4O2. The van der Waals surface area contributed by atoms with Crippen LogP contribution in [-0.2, 0) is 13.5 Å². The summed E-state index contributed by atoms with van der Waals surface area (Å²) in [7, 11) is 1.63. The van der Waals surface area contributed by atoms with Crippen molar-refractivity contribution < 1.29 is 4.92 Å². The van der Waals surface area contributed by atoms with Crippen LogP contribution < -0.4 is 5.32 Å². The number of hydrogen-bond acceptors (Lipinski definition) is 4. The average Bonchev–Trinajstić information content (AvgIpc) is 2.73. The van der Waals surface area contributed by atoms with E-state index in [4.69, 9.17) is 23.2 Å². The summed E-state index contributed by atoms with van der Waals surface area (Å²) in [6.45, 7) is 0.485. The Morgan fingerprint density at radius 3 is 2.85 bits per heavy atom. The summed E-state index contributed by atoms with van der Waals surface area (Å²) < 4.78 is 1.40. The summed E-state index contributed by atoms with van der Waals surface area (Å²) in [6.07, 6.45) is 1.97. The zero-order chi connectivity index (χ0) is 14.7. The minimum absolute atomic E-state index is 0.0466. The zero-order valence-electron chi connectivity index (χ0n) is 10.6. The first kappa shape index (κ1) is 14.6. The third-order valence-electron chi connectivity index (χ3n) is 2.71. The molecule has 0 atom stereocenters. The molecule has 0 aliphatic rings. The third kappa shape index (κ3) is 3.40. The van der Waals surface area contributed by atoms with E-state index in [-0.39, 0.29) is 11.5 Å². The molecule has 0 amide bonds. The lowest BCUT2D eigenvalue weighted by molar-refractivity contribution is -0.384. The normalized spacial score (nSPS) is 10.6. The lowest BCUT2D eigenvalue weighted by Gasteiger charge is -2.05. The highest BCUT2D eigenvalue weighted by Gasteiger charge is 2.17. The van der Waals surface area contributed by atoms with E-state index >= 15 is 0 Å². The minimum atomic E-state index is -0.468. The molecule has 0 spiro atoms. The Labute approximate surface area is 125 Å². The first-order valence-corrected chi connectivity index (χ1v) is 6.59. The van der Waals surface area contributed by atoms with E-state index in [1.807, 2.05) is 6.07 Å². The van der Waals surface area contributed by atoms with Crippen LogP contribution in [0.25, 0.3) is 0 Å². The van der Waals surface area contributed by atoms with Crippen molar-refractivity contribution in [1.29, 1.82) is 0 Å². The van der Waals surface area contributed by atoms with Crippen LogP contribution in [-0.4, -0.2) is 21.2 Å². The van der Waals surface area contributed by atoms with Crippen LogP contribution in [0.5, 0.6) is 0 Å². The van der Waals surface area contributed by atoms with Gasteiger partial charge in [-0.3, -0.25) is 14.8 Å². The minimum Gasteiger partial charge on any atom is -0.363 e. The summed E-state index contributed by atoms with van der Waals surface area (Å²) in [5.41, 5.74) is 0.872. The Kier molecular flexibility index (Phi) is 4.46. The molecule has 0 saturated heterocycles. The topological polar surface area (TPSA) is 73.0 Å². The number of nitro groups is 1. The standard InChI is InChI=1S/C12H12Cl2N4O2/c1-17-7-11(18(19)20)12(16-17)15-5-4-8-2-3-9(13)6-10(8)14/h2-3,6-7H,4-5H2,1H3,(H,15,16). The second kappa shape index (κ2) is 6.11. The van der Waals surface area contributed by atoms with Crippen molar-refractivity contribution in [3.8, 4) is 0 Å². The van der Waals surface area contributed by atoms with E-state index in [1.54, 1.807) is 19.2 Å². The monoisotopic (exact) mass is 314 g/mol. The van der Waals surface area contributed by atoms with Gasteiger partial charge < -0.3 is 5.32 Å². The molecule has 2 aromatic rings. The molecule has 0 radical (unpaired) electrons. The number of nitrogens with one attached hydrogen (secondary N) is 1. The molecule has 2 rings (SSSR count). The van der Waals surface area contributed by atoms with Crippen molar-refractivity contribution in [3.05, 3.63) is 50.1 Å². The summed E-state index contributed by atoms with van der Waals surface area (Å²) in [6, 6.07) is 5.26. The first-order chi connectivity index (χ1) is 9.47. The van der Waals surface area contributed by atoms with Crippen molar-refractivity contribution in [2.75, 3.05) is 11.9 Å². The maximum atomic E-state index is 10.8.